The van der Waals surface area contributed by atoms with E-state index in [2.05, 4.69) is 15.3 Å². The van der Waals surface area contributed by atoms with Gasteiger partial charge < -0.3 is 4.57 Å². The molecule has 11 heteroatoms. The Bertz CT molecular complexity index is 1430. The second-order valence-corrected chi connectivity index (χ2v) is 9.69. The van der Waals surface area contributed by atoms with Gasteiger partial charge in [-0.2, -0.15) is 0 Å². The van der Waals surface area contributed by atoms with Gasteiger partial charge in [-0.25, -0.2) is 27.2 Å². The molecule has 5 rings (SSSR count). The number of carbonyl (C=O) groups is 1. The van der Waals surface area contributed by atoms with E-state index in [0.29, 0.717) is 15.8 Å². The molecule has 3 heterocycles. The van der Waals surface area contributed by atoms with Gasteiger partial charge in [-0.1, -0.05) is 11.3 Å². The zero-order valence-electron chi connectivity index (χ0n) is 15.1. The summed E-state index contributed by atoms with van der Waals surface area (Å²) in [6.07, 6.45) is 0. The summed E-state index contributed by atoms with van der Waals surface area (Å²) >= 11 is 1.09. The lowest BCUT2D eigenvalue weighted by Crippen LogP contribution is -2.17. The number of nitrogens with zero attached hydrogens (tertiary/aromatic N) is 3. The minimum Gasteiger partial charge on any atom is -0.309 e. The highest BCUT2D eigenvalue weighted by molar-refractivity contribution is 7.91. The molecule has 0 bridgehead atoms. The number of amides is 1. The molecule has 2 aromatic heterocycles. The third-order valence-electron chi connectivity index (χ3n) is 4.70. The molecule has 7 nitrogen and oxygen atoms in total. The summed E-state index contributed by atoms with van der Waals surface area (Å²) in [4.78, 5) is 21.6. The van der Waals surface area contributed by atoms with Crippen LogP contribution >= 0.6 is 11.3 Å². The summed E-state index contributed by atoms with van der Waals surface area (Å²) in [6, 6.07) is 9.36. The van der Waals surface area contributed by atoms with E-state index in [1.807, 2.05) is 0 Å². The molecule has 1 amide bonds. The van der Waals surface area contributed by atoms with Crippen molar-refractivity contribution in [2.24, 2.45) is 0 Å². The minimum atomic E-state index is -3.61. The first-order valence-corrected chi connectivity index (χ1v) is 11.3. The maximum Gasteiger partial charge on any atom is 0.276 e. The van der Waals surface area contributed by atoms with Crippen LogP contribution in [0.25, 0.3) is 21.5 Å². The smallest absolute Gasteiger partial charge is 0.276 e. The molecule has 0 aliphatic carbocycles. The SMILES string of the molecule is O=C(Nc1nc2ccc(F)cc2s1)c1c(-c2ccc(F)cc2)nc2n1CCS2(=O)=O. The van der Waals surface area contributed by atoms with Crippen molar-refractivity contribution >= 4 is 42.4 Å². The van der Waals surface area contributed by atoms with E-state index in [9.17, 15) is 22.0 Å². The number of imidazole rings is 1. The van der Waals surface area contributed by atoms with Crippen LogP contribution in [0.4, 0.5) is 13.9 Å². The third-order valence-corrected chi connectivity index (χ3v) is 7.22. The van der Waals surface area contributed by atoms with E-state index in [-0.39, 0.29) is 34.0 Å². The van der Waals surface area contributed by atoms with Crippen LogP contribution in [0, 0.1) is 11.6 Å². The first kappa shape index (κ1) is 18.8. The highest BCUT2D eigenvalue weighted by Crippen LogP contribution is 2.32. The van der Waals surface area contributed by atoms with E-state index in [1.54, 1.807) is 0 Å². The molecule has 0 radical (unpaired) electrons. The van der Waals surface area contributed by atoms with E-state index in [0.717, 1.165) is 11.3 Å². The molecule has 2 aromatic carbocycles. The minimum absolute atomic E-state index is 0.0446. The maximum atomic E-state index is 13.4. The molecule has 1 aliphatic heterocycles. The number of aromatic nitrogens is 3. The van der Waals surface area contributed by atoms with Crippen molar-refractivity contribution in [1.29, 1.82) is 0 Å². The van der Waals surface area contributed by atoms with Crippen molar-refractivity contribution in [3.63, 3.8) is 0 Å². The molecule has 0 saturated carbocycles. The molecule has 0 fully saturated rings. The van der Waals surface area contributed by atoms with Gasteiger partial charge in [0.15, 0.2) is 5.13 Å². The van der Waals surface area contributed by atoms with Gasteiger partial charge in [0, 0.05) is 12.1 Å². The van der Waals surface area contributed by atoms with E-state index >= 15 is 0 Å². The van der Waals surface area contributed by atoms with Gasteiger partial charge in [-0.15, -0.1) is 0 Å². The third kappa shape index (κ3) is 3.06. The zero-order valence-corrected chi connectivity index (χ0v) is 16.7. The summed E-state index contributed by atoms with van der Waals surface area (Å²) in [6.45, 7) is 0.0830. The standard InChI is InChI=1S/C19H12F2N4O3S2/c20-11-3-1-10(2-4-11)15-16(25-7-8-30(27,28)19(25)23-15)17(26)24-18-22-13-6-5-12(21)9-14(13)29-18/h1-6,9H,7-8H2,(H,22,24,26). The van der Waals surface area contributed by atoms with Gasteiger partial charge in [0.25, 0.3) is 5.91 Å². The van der Waals surface area contributed by atoms with Crippen LogP contribution in [0.3, 0.4) is 0 Å². The van der Waals surface area contributed by atoms with E-state index in [4.69, 9.17) is 0 Å². The first-order chi connectivity index (χ1) is 14.3. The normalized spacial score (nSPS) is 14.7. The predicted molar refractivity (Wildman–Crippen MR) is 107 cm³/mol. The van der Waals surface area contributed by atoms with Crippen LogP contribution in [-0.4, -0.2) is 34.6 Å². The van der Waals surface area contributed by atoms with E-state index in [1.165, 1.54) is 47.0 Å². The van der Waals surface area contributed by atoms with Gasteiger partial charge in [-0.05, 0) is 42.5 Å². The maximum absolute atomic E-state index is 13.4. The molecular formula is C19H12F2N4O3S2. The average molecular weight is 446 g/mol. The Hall–Kier alpha value is -3.18. The second-order valence-electron chi connectivity index (χ2n) is 6.65. The quantitative estimate of drug-likeness (QED) is 0.520. The molecule has 0 atom stereocenters. The van der Waals surface area contributed by atoms with Crippen LogP contribution < -0.4 is 5.32 Å². The number of thiazole rings is 1. The Kier molecular flexibility index (Phi) is 4.19. The Morgan fingerprint density at radius 1 is 1.07 bits per heavy atom. The monoisotopic (exact) mass is 446 g/mol. The number of sulfone groups is 1. The molecular weight excluding hydrogens is 434 g/mol. The van der Waals surface area contributed by atoms with Crippen molar-refractivity contribution in [2.45, 2.75) is 11.7 Å². The molecule has 0 spiro atoms. The number of hydrogen-bond donors (Lipinski definition) is 1. The van der Waals surface area contributed by atoms with Crippen molar-refractivity contribution < 1.29 is 22.0 Å². The topological polar surface area (TPSA) is 93.9 Å². The summed E-state index contributed by atoms with van der Waals surface area (Å²) in [5.41, 5.74) is 1.11. The number of fused-ring (bicyclic) bond motifs is 2. The molecule has 30 heavy (non-hydrogen) atoms. The van der Waals surface area contributed by atoms with Gasteiger partial charge in [-0.3, -0.25) is 10.1 Å². The first-order valence-electron chi connectivity index (χ1n) is 8.78. The fourth-order valence-corrected chi connectivity index (χ4v) is 5.57. The number of anilines is 1. The van der Waals surface area contributed by atoms with Crippen molar-refractivity contribution in [2.75, 3.05) is 11.1 Å². The number of nitrogens with one attached hydrogen (secondary N) is 1. The second kappa shape index (κ2) is 6.67. The molecule has 0 unspecified atom stereocenters. The van der Waals surface area contributed by atoms with Crippen LogP contribution in [0.5, 0.6) is 0 Å². The highest BCUT2D eigenvalue weighted by atomic mass is 32.2. The van der Waals surface area contributed by atoms with Crippen LogP contribution in [-0.2, 0) is 16.4 Å². The van der Waals surface area contributed by atoms with Crippen molar-refractivity contribution in [3.8, 4) is 11.3 Å². The van der Waals surface area contributed by atoms with Crippen molar-refractivity contribution in [1.82, 2.24) is 14.5 Å². The van der Waals surface area contributed by atoms with Crippen LogP contribution in [0.1, 0.15) is 10.5 Å². The lowest BCUT2D eigenvalue weighted by molar-refractivity contribution is 0.101. The molecule has 4 aromatic rings. The van der Waals surface area contributed by atoms with E-state index < -0.39 is 27.4 Å². The number of hydrogen-bond acceptors (Lipinski definition) is 6. The van der Waals surface area contributed by atoms with Gasteiger partial charge in [0.2, 0.25) is 15.0 Å². The summed E-state index contributed by atoms with van der Waals surface area (Å²) in [7, 11) is -3.61. The van der Waals surface area contributed by atoms with Gasteiger partial charge >= 0.3 is 0 Å². The summed E-state index contributed by atoms with van der Waals surface area (Å²) < 4.78 is 53.3. The molecule has 0 saturated heterocycles. The molecule has 152 valence electrons. The fourth-order valence-electron chi connectivity index (χ4n) is 3.33. The average Bonchev–Trinajstić information content (AvgIpc) is 3.35. The molecule has 1 N–H and O–H groups in total. The number of halogens is 2. The highest BCUT2D eigenvalue weighted by Gasteiger charge is 2.35. The Morgan fingerprint density at radius 3 is 2.57 bits per heavy atom. The predicted octanol–water partition coefficient (Wildman–Crippen LogP) is 3.48. The zero-order chi connectivity index (χ0) is 21.0. The number of rotatable bonds is 3. The Morgan fingerprint density at radius 2 is 1.80 bits per heavy atom. The Balaban J connectivity index is 1.59. The van der Waals surface area contributed by atoms with Crippen LogP contribution in [0.15, 0.2) is 47.6 Å². The van der Waals surface area contributed by atoms with Gasteiger partial charge in [0.1, 0.15) is 23.0 Å². The fraction of sp³-hybridized carbons (Fsp3) is 0.105. The largest absolute Gasteiger partial charge is 0.309 e. The van der Waals surface area contributed by atoms with Crippen LogP contribution in [0.2, 0.25) is 0 Å². The lowest BCUT2D eigenvalue weighted by Gasteiger charge is -2.07. The van der Waals surface area contributed by atoms with Crippen molar-refractivity contribution in [3.05, 3.63) is 59.8 Å². The number of carbonyl (C=O) groups excluding carboxylic acids is 1. The summed E-state index contributed by atoms with van der Waals surface area (Å²) in [5.74, 6) is -1.64. The lowest BCUT2D eigenvalue weighted by atomic mass is 10.1. The summed E-state index contributed by atoms with van der Waals surface area (Å²) in [5, 5.41) is 2.69. The Labute approximate surface area is 172 Å². The molecule has 1 aliphatic rings. The van der Waals surface area contributed by atoms with Gasteiger partial charge in [0.05, 0.1) is 16.0 Å². The number of benzene rings is 2.